The lowest BCUT2D eigenvalue weighted by Crippen LogP contribution is -2.32. The number of aromatic nitrogens is 2. The molecule has 1 N–H and O–H groups in total. The zero-order valence-electron chi connectivity index (χ0n) is 21.5. The molecular formula is C32H25N3O4. The van der Waals surface area contributed by atoms with Crippen LogP contribution in [0.1, 0.15) is 29.4 Å². The molecule has 4 aromatic carbocycles. The Kier molecular flexibility index (Phi) is 6.25. The number of anilines is 1. The van der Waals surface area contributed by atoms with E-state index in [1.54, 1.807) is 19.1 Å². The van der Waals surface area contributed by atoms with Gasteiger partial charge in [-0.05, 0) is 55.1 Å². The maximum atomic E-state index is 13.5. The average Bonchev–Trinajstić information content (AvgIpc) is 3.39. The van der Waals surface area contributed by atoms with Crippen LogP contribution in [0.5, 0.6) is 0 Å². The predicted octanol–water partition coefficient (Wildman–Crippen LogP) is 7.08. The average molecular weight is 516 g/mol. The highest BCUT2D eigenvalue weighted by Gasteiger charge is 2.25. The van der Waals surface area contributed by atoms with E-state index in [0.29, 0.717) is 40.1 Å². The third-order valence-electron chi connectivity index (χ3n) is 6.66. The summed E-state index contributed by atoms with van der Waals surface area (Å²) in [5, 5.41) is 5.25. The van der Waals surface area contributed by atoms with Gasteiger partial charge >= 0.3 is 5.97 Å². The molecule has 0 spiro atoms. The third kappa shape index (κ3) is 4.59. The SMILES string of the molecule is CCC(OC(=O)c1cccc2cccc(-c3nc4ccccc4o3)c12)C(=O)Nc1cc(C)nc2ccccc12. The Morgan fingerprint density at radius 3 is 2.44 bits per heavy atom. The maximum Gasteiger partial charge on any atom is 0.339 e. The van der Waals surface area contributed by atoms with E-state index in [0.717, 1.165) is 27.5 Å². The molecule has 6 rings (SSSR count). The molecule has 1 atom stereocenters. The molecule has 192 valence electrons. The van der Waals surface area contributed by atoms with Gasteiger partial charge < -0.3 is 14.5 Å². The van der Waals surface area contributed by atoms with Crippen molar-refractivity contribution >= 4 is 50.3 Å². The van der Waals surface area contributed by atoms with E-state index in [4.69, 9.17) is 9.15 Å². The van der Waals surface area contributed by atoms with Crippen LogP contribution < -0.4 is 5.32 Å². The Morgan fingerprint density at radius 1 is 0.897 bits per heavy atom. The predicted molar refractivity (Wildman–Crippen MR) is 152 cm³/mol. The molecule has 0 radical (unpaired) electrons. The fourth-order valence-corrected chi connectivity index (χ4v) is 4.82. The van der Waals surface area contributed by atoms with Crippen LogP contribution in [0.4, 0.5) is 5.69 Å². The molecule has 0 aliphatic rings. The first-order chi connectivity index (χ1) is 19.0. The van der Waals surface area contributed by atoms with Crippen LogP contribution in [-0.4, -0.2) is 27.9 Å². The van der Waals surface area contributed by atoms with Crippen LogP contribution in [0.25, 0.3) is 44.2 Å². The van der Waals surface area contributed by atoms with E-state index >= 15 is 0 Å². The topological polar surface area (TPSA) is 94.3 Å². The second-order valence-electron chi connectivity index (χ2n) is 9.32. The summed E-state index contributed by atoms with van der Waals surface area (Å²) in [4.78, 5) is 36.0. The number of aryl methyl sites for hydroxylation is 1. The molecule has 0 saturated heterocycles. The molecule has 0 fully saturated rings. The van der Waals surface area contributed by atoms with Gasteiger partial charge in [0, 0.05) is 22.0 Å². The Bertz CT molecular complexity index is 1840. The van der Waals surface area contributed by atoms with Crippen LogP contribution in [-0.2, 0) is 9.53 Å². The molecule has 39 heavy (non-hydrogen) atoms. The van der Waals surface area contributed by atoms with Gasteiger partial charge in [0.05, 0.1) is 16.8 Å². The van der Waals surface area contributed by atoms with Crippen molar-refractivity contribution in [2.45, 2.75) is 26.4 Å². The fraction of sp³-hybridized carbons (Fsp3) is 0.125. The minimum absolute atomic E-state index is 0.308. The number of nitrogens with one attached hydrogen (secondary N) is 1. The van der Waals surface area contributed by atoms with Crippen molar-refractivity contribution in [3.05, 3.63) is 102 Å². The summed E-state index contributed by atoms with van der Waals surface area (Å²) in [5.74, 6) is -0.588. The minimum atomic E-state index is -0.989. The molecule has 2 heterocycles. The number of carbonyl (C=O) groups is 2. The summed E-state index contributed by atoms with van der Waals surface area (Å²) in [5.41, 5.74) is 4.57. The zero-order valence-corrected chi connectivity index (χ0v) is 21.5. The molecule has 0 saturated carbocycles. The number of nitrogens with zero attached hydrogens (tertiary/aromatic N) is 2. The van der Waals surface area contributed by atoms with Crippen LogP contribution in [0.3, 0.4) is 0 Å². The van der Waals surface area contributed by atoms with Gasteiger partial charge in [-0.1, -0.05) is 61.5 Å². The second-order valence-corrected chi connectivity index (χ2v) is 9.32. The van der Waals surface area contributed by atoms with Crippen molar-refractivity contribution < 1.29 is 18.7 Å². The first-order valence-corrected chi connectivity index (χ1v) is 12.8. The molecule has 7 heteroatoms. The minimum Gasteiger partial charge on any atom is -0.449 e. The summed E-state index contributed by atoms with van der Waals surface area (Å²) >= 11 is 0. The molecule has 1 unspecified atom stereocenters. The Hall–Kier alpha value is -5.04. The Balaban J connectivity index is 1.32. The van der Waals surface area contributed by atoms with Gasteiger partial charge in [0.2, 0.25) is 5.89 Å². The zero-order chi connectivity index (χ0) is 26.9. The van der Waals surface area contributed by atoms with E-state index in [9.17, 15) is 9.59 Å². The molecule has 1 amide bonds. The molecule has 6 aromatic rings. The summed E-state index contributed by atoms with van der Waals surface area (Å²) in [6.45, 7) is 3.68. The van der Waals surface area contributed by atoms with Gasteiger partial charge in [-0.3, -0.25) is 9.78 Å². The molecule has 0 bridgehead atoms. The highest BCUT2D eigenvalue weighted by atomic mass is 16.5. The lowest BCUT2D eigenvalue weighted by molar-refractivity contribution is -0.124. The molecule has 0 aliphatic heterocycles. The van der Waals surface area contributed by atoms with Gasteiger partial charge in [-0.25, -0.2) is 9.78 Å². The smallest absolute Gasteiger partial charge is 0.339 e. The number of hydrogen-bond acceptors (Lipinski definition) is 6. The number of fused-ring (bicyclic) bond motifs is 3. The highest BCUT2D eigenvalue weighted by molar-refractivity contribution is 6.11. The van der Waals surface area contributed by atoms with E-state index in [1.807, 2.05) is 85.8 Å². The summed E-state index contributed by atoms with van der Waals surface area (Å²) in [7, 11) is 0. The second kappa shape index (κ2) is 10.0. The van der Waals surface area contributed by atoms with Crippen molar-refractivity contribution in [1.82, 2.24) is 9.97 Å². The number of hydrogen-bond donors (Lipinski definition) is 1. The number of para-hydroxylation sites is 3. The highest BCUT2D eigenvalue weighted by Crippen LogP contribution is 2.33. The summed E-state index contributed by atoms with van der Waals surface area (Å²) in [6.07, 6.45) is -0.682. The van der Waals surface area contributed by atoms with Crippen molar-refractivity contribution in [2.24, 2.45) is 0 Å². The fourth-order valence-electron chi connectivity index (χ4n) is 4.82. The summed E-state index contributed by atoms with van der Waals surface area (Å²) in [6, 6.07) is 28.0. The Morgan fingerprint density at radius 2 is 1.64 bits per heavy atom. The Labute approximate surface area is 224 Å². The number of oxazole rings is 1. The van der Waals surface area contributed by atoms with Gasteiger partial charge in [-0.2, -0.15) is 0 Å². The third-order valence-corrected chi connectivity index (χ3v) is 6.66. The lowest BCUT2D eigenvalue weighted by atomic mass is 9.99. The van der Waals surface area contributed by atoms with Crippen LogP contribution >= 0.6 is 0 Å². The number of amides is 1. The van der Waals surface area contributed by atoms with E-state index in [2.05, 4.69) is 15.3 Å². The quantitative estimate of drug-likeness (QED) is 0.238. The molecular weight excluding hydrogens is 490 g/mol. The number of rotatable bonds is 6. The van der Waals surface area contributed by atoms with Gasteiger partial charge in [-0.15, -0.1) is 0 Å². The molecule has 0 aliphatic carbocycles. The number of pyridine rings is 1. The van der Waals surface area contributed by atoms with E-state index < -0.39 is 18.0 Å². The molecule has 7 nitrogen and oxygen atoms in total. The van der Waals surface area contributed by atoms with Crippen molar-refractivity contribution in [2.75, 3.05) is 5.32 Å². The van der Waals surface area contributed by atoms with E-state index in [1.165, 1.54) is 0 Å². The van der Waals surface area contributed by atoms with Crippen LogP contribution in [0.15, 0.2) is 95.4 Å². The standard InChI is InChI=1S/C32H25N3O4/c1-3-27(30(36)34-26-18-19(2)33-24-15-5-4-12-21(24)26)39-32(37)23-14-9-11-20-10-8-13-22(29(20)23)31-35-25-16-6-7-17-28(25)38-31/h4-18,27H,3H2,1-2H3,(H,33,34,36). The first kappa shape index (κ1) is 24.3. The monoisotopic (exact) mass is 515 g/mol. The van der Waals surface area contributed by atoms with Crippen molar-refractivity contribution in [1.29, 1.82) is 0 Å². The van der Waals surface area contributed by atoms with Crippen LogP contribution in [0, 0.1) is 6.92 Å². The van der Waals surface area contributed by atoms with Crippen molar-refractivity contribution in [3.63, 3.8) is 0 Å². The lowest BCUT2D eigenvalue weighted by Gasteiger charge is -2.18. The molecule has 2 aromatic heterocycles. The van der Waals surface area contributed by atoms with Crippen molar-refractivity contribution in [3.8, 4) is 11.5 Å². The number of carbonyl (C=O) groups excluding carboxylic acids is 2. The van der Waals surface area contributed by atoms with Crippen LogP contribution in [0.2, 0.25) is 0 Å². The number of benzene rings is 4. The summed E-state index contributed by atoms with van der Waals surface area (Å²) < 4.78 is 11.8. The van der Waals surface area contributed by atoms with Gasteiger partial charge in [0.15, 0.2) is 11.7 Å². The van der Waals surface area contributed by atoms with Gasteiger partial charge in [0.25, 0.3) is 5.91 Å². The van der Waals surface area contributed by atoms with E-state index in [-0.39, 0.29) is 0 Å². The normalized spacial score (nSPS) is 12.1. The van der Waals surface area contributed by atoms with Gasteiger partial charge in [0.1, 0.15) is 5.52 Å². The maximum absolute atomic E-state index is 13.5. The number of esters is 1. The largest absolute Gasteiger partial charge is 0.449 e. The first-order valence-electron chi connectivity index (χ1n) is 12.8. The number of ether oxygens (including phenoxy) is 1.